The Balaban J connectivity index is 2.93. The molecule has 6 nitrogen and oxygen atoms in total. The van der Waals surface area contributed by atoms with Crippen LogP contribution < -0.4 is 11.1 Å². The van der Waals surface area contributed by atoms with Crippen LogP contribution in [0.4, 0.5) is 10.1 Å². The Labute approximate surface area is 111 Å². The minimum Gasteiger partial charge on any atom is -0.399 e. The number of nitrogen functional groups attached to an aromatic ring is 1. The summed E-state index contributed by atoms with van der Waals surface area (Å²) in [7, 11) is -1.07. The van der Waals surface area contributed by atoms with Crippen LogP contribution in [0.3, 0.4) is 0 Å². The van der Waals surface area contributed by atoms with Gasteiger partial charge in [0.25, 0.3) is 0 Å². The fourth-order valence-electron chi connectivity index (χ4n) is 1.42. The highest BCUT2D eigenvalue weighted by Gasteiger charge is 2.22. The van der Waals surface area contributed by atoms with Crippen molar-refractivity contribution < 1.29 is 17.6 Å². The van der Waals surface area contributed by atoms with Crippen LogP contribution in [0.5, 0.6) is 0 Å². The molecule has 0 radical (unpaired) electrons. The van der Waals surface area contributed by atoms with Crippen molar-refractivity contribution in [3.63, 3.8) is 0 Å². The molecule has 0 aromatic heterocycles. The molecule has 0 fully saturated rings. The molecular weight excluding hydrogens is 273 g/mol. The molecular formula is C11H16FN3O3S. The van der Waals surface area contributed by atoms with Gasteiger partial charge in [-0.3, -0.25) is 4.79 Å². The number of nitrogens with zero attached hydrogens (tertiary/aromatic N) is 1. The Kier molecular flexibility index (Phi) is 4.84. The Hall–Kier alpha value is -1.67. The van der Waals surface area contributed by atoms with Gasteiger partial charge in [-0.15, -0.1) is 0 Å². The molecule has 3 N–H and O–H groups in total. The summed E-state index contributed by atoms with van der Waals surface area (Å²) < 4.78 is 38.4. The summed E-state index contributed by atoms with van der Waals surface area (Å²) in [4.78, 5) is 10.8. The molecule has 8 heteroatoms. The Morgan fingerprint density at radius 3 is 2.58 bits per heavy atom. The van der Waals surface area contributed by atoms with Gasteiger partial charge in [-0.25, -0.2) is 17.1 Å². The van der Waals surface area contributed by atoms with Crippen molar-refractivity contribution in [1.82, 2.24) is 9.62 Å². The number of carbonyl (C=O) groups excluding carboxylic acids is 1. The molecule has 0 aliphatic rings. The number of rotatable bonds is 5. The van der Waals surface area contributed by atoms with Gasteiger partial charge in [-0.05, 0) is 18.2 Å². The van der Waals surface area contributed by atoms with Crippen molar-refractivity contribution >= 4 is 21.6 Å². The fraction of sp³-hybridized carbons (Fsp3) is 0.364. The molecule has 0 saturated heterocycles. The van der Waals surface area contributed by atoms with Crippen LogP contribution in [0.2, 0.25) is 0 Å². The zero-order valence-electron chi connectivity index (χ0n) is 10.7. The van der Waals surface area contributed by atoms with E-state index in [1.54, 1.807) is 0 Å². The molecule has 19 heavy (non-hydrogen) atoms. The number of nitrogens with two attached hydrogens (primary N) is 1. The largest absolute Gasteiger partial charge is 0.399 e. The lowest BCUT2D eigenvalue weighted by Crippen LogP contribution is -2.31. The van der Waals surface area contributed by atoms with Crippen molar-refractivity contribution in [3.05, 3.63) is 24.0 Å². The fourth-order valence-corrected chi connectivity index (χ4v) is 2.66. The number of hydrogen-bond acceptors (Lipinski definition) is 4. The highest BCUT2D eigenvalue weighted by Crippen LogP contribution is 2.19. The predicted molar refractivity (Wildman–Crippen MR) is 69.3 cm³/mol. The van der Waals surface area contributed by atoms with Gasteiger partial charge >= 0.3 is 0 Å². The number of hydrogen-bond donors (Lipinski definition) is 2. The van der Waals surface area contributed by atoms with E-state index in [9.17, 15) is 17.6 Å². The maximum absolute atomic E-state index is 13.2. The van der Waals surface area contributed by atoms with Crippen LogP contribution >= 0.6 is 0 Å². The molecule has 1 amide bonds. The van der Waals surface area contributed by atoms with Gasteiger partial charge in [-0.1, -0.05) is 0 Å². The molecule has 0 aliphatic heterocycles. The molecule has 1 aromatic rings. The smallest absolute Gasteiger partial charge is 0.243 e. The Bertz CT molecular complexity index is 554. The lowest BCUT2D eigenvalue weighted by atomic mass is 10.3. The number of carbonyl (C=O) groups is 1. The van der Waals surface area contributed by atoms with Gasteiger partial charge in [-0.2, -0.15) is 0 Å². The molecule has 0 atom stereocenters. The summed E-state index contributed by atoms with van der Waals surface area (Å²) in [6.45, 7) is -0.00156. The van der Waals surface area contributed by atoms with Crippen molar-refractivity contribution in [1.29, 1.82) is 0 Å². The number of benzene rings is 1. The van der Waals surface area contributed by atoms with Gasteiger partial charge in [0.15, 0.2) is 0 Å². The maximum Gasteiger partial charge on any atom is 0.243 e. The quantitative estimate of drug-likeness (QED) is 0.755. The van der Waals surface area contributed by atoms with Crippen LogP contribution in [-0.4, -0.2) is 39.3 Å². The highest BCUT2D eigenvalue weighted by atomic mass is 32.2. The van der Waals surface area contributed by atoms with Gasteiger partial charge in [0.2, 0.25) is 15.9 Å². The number of anilines is 1. The summed E-state index contributed by atoms with van der Waals surface area (Å²) >= 11 is 0. The molecule has 0 spiro atoms. The maximum atomic E-state index is 13.2. The zero-order chi connectivity index (χ0) is 14.6. The third kappa shape index (κ3) is 3.90. The minimum absolute atomic E-state index is 0.00156. The van der Waals surface area contributed by atoms with E-state index >= 15 is 0 Å². The molecule has 1 rings (SSSR count). The molecule has 0 saturated carbocycles. The van der Waals surface area contributed by atoms with Gasteiger partial charge in [0.1, 0.15) is 5.82 Å². The van der Waals surface area contributed by atoms with E-state index in [0.717, 1.165) is 16.4 Å². The number of amides is 1. The van der Waals surface area contributed by atoms with Crippen molar-refractivity contribution in [2.24, 2.45) is 0 Å². The van der Waals surface area contributed by atoms with Crippen LogP contribution in [0.25, 0.3) is 0 Å². The van der Waals surface area contributed by atoms with E-state index in [0.29, 0.717) is 0 Å². The van der Waals surface area contributed by atoms with Crippen LogP contribution in [0, 0.1) is 5.82 Å². The first-order valence-corrected chi connectivity index (χ1v) is 6.94. The summed E-state index contributed by atoms with van der Waals surface area (Å²) in [6.07, 6.45) is 0.0248. The molecule has 0 bridgehead atoms. The summed E-state index contributed by atoms with van der Waals surface area (Å²) in [5, 5.41) is 2.39. The van der Waals surface area contributed by atoms with Crippen molar-refractivity contribution in [3.8, 4) is 0 Å². The second-order valence-electron chi connectivity index (χ2n) is 3.97. The van der Waals surface area contributed by atoms with E-state index in [-0.39, 0.29) is 29.5 Å². The Morgan fingerprint density at radius 1 is 1.42 bits per heavy atom. The predicted octanol–water partition coefficient (Wildman–Crippen LogP) is 0.165. The molecule has 0 unspecified atom stereocenters. The van der Waals surface area contributed by atoms with E-state index < -0.39 is 15.8 Å². The lowest BCUT2D eigenvalue weighted by molar-refractivity contribution is -0.120. The van der Waals surface area contributed by atoms with Crippen LogP contribution in [-0.2, 0) is 14.8 Å². The Morgan fingerprint density at radius 2 is 2.05 bits per heavy atom. The minimum atomic E-state index is -3.85. The normalized spacial score (nSPS) is 11.6. The SMILES string of the molecule is CNC(=O)CCN(C)S(=O)(=O)c1cc(N)cc(F)c1. The van der Waals surface area contributed by atoms with E-state index in [1.807, 2.05) is 0 Å². The van der Waals surface area contributed by atoms with Gasteiger partial charge in [0.05, 0.1) is 4.90 Å². The third-order valence-electron chi connectivity index (χ3n) is 2.53. The van der Waals surface area contributed by atoms with E-state index in [4.69, 9.17) is 5.73 Å². The number of sulfonamides is 1. The molecule has 1 aromatic carbocycles. The first-order valence-electron chi connectivity index (χ1n) is 5.50. The molecule has 106 valence electrons. The highest BCUT2D eigenvalue weighted by molar-refractivity contribution is 7.89. The van der Waals surface area contributed by atoms with Crippen molar-refractivity contribution in [2.75, 3.05) is 26.4 Å². The van der Waals surface area contributed by atoms with Crippen LogP contribution in [0.15, 0.2) is 23.1 Å². The second-order valence-corrected chi connectivity index (χ2v) is 6.01. The van der Waals surface area contributed by atoms with Gasteiger partial charge in [0, 0.05) is 32.7 Å². The first-order chi connectivity index (χ1) is 8.77. The van der Waals surface area contributed by atoms with Crippen LogP contribution in [0.1, 0.15) is 6.42 Å². The average molecular weight is 289 g/mol. The third-order valence-corrected chi connectivity index (χ3v) is 4.37. The second kappa shape index (κ2) is 5.98. The van der Waals surface area contributed by atoms with E-state index in [1.165, 1.54) is 20.2 Å². The number of halogens is 1. The van der Waals surface area contributed by atoms with E-state index in [2.05, 4.69) is 5.32 Å². The van der Waals surface area contributed by atoms with Gasteiger partial charge < -0.3 is 11.1 Å². The molecule has 0 aliphatic carbocycles. The first kappa shape index (κ1) is 15.4. The lowest BCUT2D eigenvalue weighted by Gasteiger charge is -2.17. The zero-order valence-corrected chi connectivity index (χ0v) is 11.5. The summed E-state index contributed by atoms with van der Waals surface area (Å²) in [5.74, 6) is -1.00. The molecule has 0 heterocycles. The average Bonchev–Trinajstić information content (AvgIpc) is 2.34. The summed E-state index contributed by atoms with van der Waals surface area (Å²) in [6, 6.07) is 3.10. The topological polar surface area (TPSA) is 92.5 Å². The summed E-state index contributed by atoms with van der Waals surface area (Å²) in [5.41, 5.74) is 5.44. The van der Waals surface area contributed by atoms with Crippen molar-refractivity contribution in [2.45, 2.75) is 11.3 Å². The monoisotopic (exact) mass is 289 g/mol. The standard InChI is InChI=1S/C11H16FN3O3S/c1-14-11(16)3-4-15(2)19(17,18)10-6-8(12)5-9(13)7-10/h5-7H,3-4,13H2,1-2H3,(H,14,16). The number of nitrogens with one attached hydrogen (secondary N) is 1.